The van der Waals surface area contributed by atoms with Gasteiger partial charge in [0.15, 0.2) is 0 Å². The molecule has 0 fully saturated rings. The standard InChI is InChI=1S/C16H14IN3O/c1-2-18-16-19-14-6-4-3-5-13(14)15(20-16)21-12-9-7-11(17)8-10-12/h3-10H,2H2,1H3,(H,18,19,20). The fourth-order valence-corrected chi connectivity index (χ4v) is 2.34. The van der Waals surface area contributed by atoms with Gasteiger partial charge in [-0.1, -0.05) is 12.1 Å². The number of nitrogens with zero attached hydrogens (tertiary/aromatic N) is 2. The van der Waals surface area contributed by atoms with Crippen LogP contribution < -0.4 is 10.1 Å². The molecule has 0 unspecified atom stereocenters. The van der Waals surface area contributed by atoms with Gasteiger partial charge in [0.05, 0.1) is 10.9 Å². The number of para-hydroxylation sites is 1. The van der Waals surface area contributed by atoms with E-state index in [4.69, 9.17) is 4.74 Å². The normalized spacial score (nSPS) is 10.6. The quantitative estimate of drug-likeness (QED) is 0.668. The highest BCUT2D eigenvalue weighted by Crippen LogP contribution is 2.28. The summed E-state index contributed by atoms with van der Waals surface area (Å²) in [6.45, 7) is 2.78. The van der Waals surface area contributed by atoms with E-state index >= 15 is 0 Å². The zero-order valence-corrected chi connectivity index (χ0v) is 13.7. The molecule has 3 rings (SSSR count). The molecular formula is C16H14IN3O. The van der Waals surface area contributed by atoms with E-state index < -0.39 is 0 Å². The second-order valence-electron chi connectivity index (χ2n) is 4.46. The Kier molecular flexibility index (Phi) is 4.19. The van der Waals surface area contributed by atoms with Crippen LogP contribution in [-0.2, 0) is 0 Å². The van der Waals surface area contributed by atoms with Gasteiger partial charge < -0.3 is 10.1 Å². The van der Waals surface area contributed by atoms with Crippen LogP contribution in [-0.4, -0.2) is 16.5 Å². The number of anilines is 1. The van der Waals surface area contributed by atoms with E-state index in [1.165, 1.54) is 3.57 Å². The van der Waals surface area contributed by atoms with E-state index in [-0.39, 0.29) is 0 Å². The molecule has 0 aliphatic rings. The minimum Gasteiger partial charge on any atom is -0.438 e. The van der Waals surface area contributed by atoms with Gasteiger partial charge in [0.1, 0.15) is 5.75 Å². The molecule has 0 radical (unpaired) electrons. The Morgan fingerprint density at radius 1 is 1.05 bits per heavy atom. The molecule has 1 aromatic heterocycles. The Morgan fingerprint density at radius 3 is 2.57 bits per heavy atom. The Hall–Kier alpha value is -1.89. The minimum atomic E-state index is 0.567. The van der Waals surface area contributed by atoms with Gasteiger partial charge in [0, 0.05) is 10.1 Å². The molecule has 0 saturated heterocycles. The van der Waals surface area contributed by atoms with E-state index in [9.17, 15) is 0 Å². The predicted octanol–water partition coefficient (Wildman–Crippen LogP) is 4.46. The average Bonchev–Trinajstić information content (AvgIpc) is 2.50. The number of hydrogen-bond acceptors (Lipinski definition) is 4. The van der Waals surface area contributed by atoms with Crippen molar-refractivity contribution in [2.24, 2.45) is 0 Å². The first kappa shape index (κ1) is 14.1. The molecule has 0 aliphatic heterocycles. The Bertz CT molecular complexity index is 759. The zero-order valence-electron chi connectivity index (χ0n) is 11.5. The lowest BCUT2D eigenvalue weighted by Crippen LogP contribution is -2.03. The van der Waals surface area contributed by atoms with E-state index in [0.29, 0.717) is 11.8 Å². The summed E-state index contributed by atoms with van der Waals surface area (Å²) in [5.41, 5.74) is 0.865. The first-order valence-electron chi connectivity index (χ1n) is 6.70. The zero-order chi connectivity index (χ0) is 14.7. The maximum absolute atomic E-state index is 5.94. The van der Waals surface area contributed by atoms with Gasteiger partial charge in [-0.25, -0.2) is 4.98 Å². The summed E-state index contributed by atoms with van der Waals surface area (Å²) in [6, 6.07) is 15.7. The van der Waals surface area contributed by atoms with Gasteiger partial charge in [0.25, 0.3) is 0 Å². The van der Waals surface area contributed by atoms with Crippen molar-refractivity contribution in [1.82, 2.24) is 9.97 Å². The molecule has 1 N–H and O–H groups in total. The van der Waals surface area contributed by atoms with Gasteiger partial charge in [0.2, 0.25) is 11.8 Å². The maximum Gasteiger partial charge on any atom is 0.231 e. The summed E-state index contributed by atoms with van der Waals surface area (Å²) in [7, 11) is 0. The van der Waals surface area contributed by atoms with Crippen molar-refractivity contribution in [3.63, 3.8) is 0 Å². The van der Waals surface area contributed by atoms with Crippen LogP contribution in [0.5, 0.6) is 11.6 Å². The Balaban J connectivity index is 2.04. The van der Waals surface area contributed by atoms with Crippen LogP contribution in [0.1, 0.15) is 6.92 Å². The number of hydrogen-bond donors (Lipinski definition) is 1. The summed E-state index contributed by atoms with van der Waals surface area (Å²) in [6.07, 6.45) is 0. The summed E-state index contributed by atoms with van der Waals surface area (Å²) < 4.78 is 7.11. The molecule has 3 aromatic rings. The van der Waals surface area contributed by atoms with Gasteiger partial charge in [-0.2, -0.15) is 4.98 Å². The third kappa shape index (κ3) is 3.24. The highest BCUT2D eigenvalue weighted by Gasteiger charge is 2.09. The topological polar surface area (TPSA) is 47.0 Å². The van der Waals surface area contributed by atoms with E-state index in [2.05, 4.69) is 37.9 Å². The Labute approximate surface area is 136 Å². The first-order valence-corrected chi connectivity index (χ1v) is 7.78. The van der Waals surface area contributed by atoms with Gasteiger partial charge >= 0.3 is 0 Å². The van der Waals surface area contributed by atoms with Crippen LogP contribution in [0, 0.1) is 3.57 Å². The maximum atomic E-state index is 5.94. The molecule has 21 heavy (non-hydrogen) atoms. The molecule has 0 saturated carbocycles. The third-order valence-corrected chi connectivity index (χ3v) is 3.65. The van der Waals surface area contributed by atoms with Crippen molar-refractivity contribution in [2.75, 3.05) is 11.9 Å². The third-order valence-electron chi connectivity index (χ3n) is 2.93. The van der Waals surface area contributed by atoms with E-state index in [1.807, 2.05) is 55.5 Å². The molecule has 106 valence electrons. The van der Waals surface area contributed by atoms with Crippen molar-refractivity contribution >= 4 is 39.4 Å². The molecule has 1 heterocycles. The van der Waals surface area contributed by atoms with Gasteiger partial charge in [-0.3, -0.25) is 0 Å². The predicted molar refractivity (Wildman–Crippen MR) is 92.9 cm³/mol. The molecule has 0 bridgehead atoms. The smallest absolute Gasteiger partial charge is 0.231 e. The molecule has 2 aromatic carbocycles. The number of benzene rings is 2. The molecule has 5 heteroatoms. The van der Waals surface area contributed by atoms with Gasteiger partial charge in [-0.05, 0) is 65.9 Å². The first-order chi connectivity index (χ1) is 10.3. The lowest BCUT2D eigenvalue weighted by molar-refractivity contribution is 0.469. The van der Waals surface area contributed by atoms with Crippen LogP contribution in [0.15, 0.2) is 48.5 Å². The largest absolute Gasteiger partial charge is 0.438 e. The molecule has 4 nitrogen and oxygen atoms in total. The van der Waals surface area contributed by atoms with Crippen LogP contribution in [0.4, 0.5) is 5.95 Å². The monoisotopic (exact) mass is 391 g/mol. The fourth-order valence-electron chi connectivity index (χ4n) is 1.98. The van der Waals surface area contributed by atoms with E-state index in [1.54, 1.807) is 0 Å². The van der Waals surface area contributed by atoms with Crippen molar-refractivity contribution in [2.45, 2.75) is 6.92 Å². The number of rotatable bonds is 4. The van der Waals surface area contributed by atoms with Gasteiger partial charge in [-0.15, -0.1) is 0 Å². The minimum absolute atomic E-state index is 0.567. The number of ether oxygens (including phenoxy) is 1. The highest BCUT2D eigenvalue weighted by atomic mass is 127. The number of nitrogens with one attached hydrogen (secondary N) is 1. The molecule has 0 atom stereocenters. The highest BCUT2D eigenvalue weighted by molar-refractivity contribution is 14.1. The van der Waals surface area contributed by atoms with Crippen molar-refractivity contribution < 1.29 is 4.74 Å². The lowest BCUT2D eigenvalue weighted by atomic mass is 10.2. The van der Waals surface area contributed by atoms with Crippen molar-refractivity contribution in [1.29, 1.82) is 0 Å². The van der Waals surface area contributed by atoms with Crippen LogP contribution in [0.25, 0.3) is 10.9 Å². The summed E-state index contributed by atoms with van der Waals surface area (Å²) in [5, 5.41) is 4.03. The average molecular weight is 391 g/mol. The Morgan fingerprint density at radius 2 is 1.81 bits per heavy atom. The number of aromatic nitrogens is 2. The SMILES string of the molecule is CCNc1nc(Oc2ccc(I)cc2)c2ccccc2n1. The lowest BCUT2D eigenvalue weighted by Gasteiger charge is -2.10. The van der Waals surface area contributed by atoms with Crippen molar-refractivity contribution in [3.05, 3.63) is 52.1 Å². The summed E-state index contributed by atoms with van der Waals surface area (Å²) in [4.78, 5) is 8.94. The second-order valence-corrected chi connectivity index (χ2v) is 5.70. The number of halogens is 1. The van der Waals surface area contributed by atoms with Crippen LogP contribution in [0.3, 0.4) is 0 Å². The molecule has 0 amide bonds. The molecule has 0 aliphatic carbocycles. The molecule has 0 spiro atoms. The van der Waals surface area contributed by atoms with Crippen molar-refractivity contribution in [3.8, 4) is 11.6 Å². The summed E-state index contributed by atoms with van der Waals surface area (Å²) in [5.74, 6) is 1.91. The fraction of sp³-hybridized carbons (Fsp3) is 0.125. The van der Waals surface area contributed by atoms with Crippen LogP contribution >= 0.6 is 22.6 Å². The second kappa shape index (κ2) is 6.26. The van der Waals surface area contributed by atoms with Crippen LogP contribution in [0.2, 0.25) is 0 Å². The summed E-state index contributed by atoms with van der Waals surface area (Å²) >= 11 is 2.27. The number of fused-ring (bicyclic) bond motifs is 1. The van der Waals surface area contributed by atoms with E-state index in [0.717, 1.165) is 23.2 Å². The molecular weight excluding hydrogens is 377 g/mol.